The van der Waals surface area contributed by atoms with Crippen molar-refractivity contribution < 1.29 is 9.32 Å². The van der Waals surface area contributed by atoms with E-state index in [0.717, 1.165) is 43.6 Å². The zero-order valence-electron chi connectivity index (χ0n) is 19.9. The molecule has 1 aliphatic rings. The number of hydrogen-bond donors (Lipinski definition) is 1. The standard InChI is InChI=1S/C27H30N6O2/c1-20-2-8-23(9-3-20)26-30-25(35-31-26)18-32-13-10-24(11-14-32)27(34)29-16-21-4-6-22(7-5-21)17-33-15-12-28-19-33/h2-9,12,15,19,24H,10-11,13-14,16-18H2,1H3,(H,29,34). The summed E-state index contributed by atoms with van der Waals surface area (Å²) in [6.07, 6.45) is 7.19. The molecule has 0 spiro atoms. The third-order valence-electron chi connectivity index (χ3n) is 6.51. The normalized spacial score (nSPS) is 14.8. The number of imidazole rings is 1. The van der Waals surface area contributed by atoms with Gasteiger partial charge in [0, 0.05) is 37.0 Å². The molecule has 8 nitrogen and oxygen atoms in total. The van der Waals surface area contributed by atoms with E-state index in [1.54, 1.807) is 6.20 Å². The monoisotopic (exact) mass is 470 g/mol. The van der Waals surface area contributed by atoms with Gasteiger partial charge in [0.25, 0.3) is 0 Å². The second-order valence-electron chi connectivity index (χ2n) is 9.20. The number of rotatable bonds is 8. The van der Waals surface area contributed by atoms with Crippen LogP contribution in [0.4, 0.5) is 0 Å². The zero-order valence-corrected chi connectivity index (χ0v) is 19.9. The maximum absolute atomic E-state index is 12.7. The molecule has 1 amide bonds. The lowest BCUT2D eigenvalue weighted by Crippen LogP contribution is -2.40. The van der Waals surface area contributed by atoms with Crippen LogP contribution in [0.5, 0.6) is 0 Å². The average molecular weight is 471 g/mol. The first-order valence-electron chi connectivity index (χ1n) is 12.1. The Morgan fingerprint density at radius 2 is 1.77 bits per heavy atom. The molecular weight excluding hydrogens is 440 g/mol. The van der Waals surface area contributed by atoms with Gasteiger partial charge in [-0.2, -0.15) is 4.98 Å². The minimum absolute atomic E-state index is 0.0394. The highest BCUT2D eigenvalue weighted by Gasteiger charge is 2.26. The van der Waals surface area contributed by atoms with Crippen LogP contribution in [0.1, 0.15) is 35.4 Å². The maximum atomic E-state index is 12.7. The summed E-state index contributed by atoms with van der Waals surface area (Å²) < 4.78 is 7.50. The fraction of sp³-hybridized carbons (Fsp3) is 0.333. The molecule has 0 atom stereocenters. The highest BCUT2D eigenvalue weighted by atomic mass is 16.5. The van der Waals surface area contributed by atoms with Gasteiger partial charge >= 0.3 is 0 Å². The molecule has 3 heterocycles. The van der Waals surface area contributed by atoms with Gasteiger partial charge in [-0.1, -0.05) is 59.3 Å². The van der Waals surface area contributed by atoms with Crippen LogP contribution in [0, 0.1) is 12.8 Å². The molecule has 0 bridgehead atoms. The Kier molecular flexibility index (Phi) is 6.99. The molecule has 35 heavy (non-hydrogen) atoms. The Labute approximate surface area is 205 Å². The number of aromatic nitrogens is 4. The van der Waals surface area contributed by atoms with Gasteiger partial charge in [-0.15, -0.1) is 0 Å². The van der Waals surface area contributed by atoms with Crippen molar-refractivity contribution in [1.29, 1.82) is 0 Å². The van der Waals surface area contributed by atoms with Crippen molar-refractivity contribution in [3.8, 4) is 11.4 Å². The molecule has 5 rings (SSSR count). The number of carbonyl (C=O) groups excluding carboxylic acids is 1. The van der Waals surface area contributed by atoms with Gasteiger partial charge in [-0.05, 0) is 44.0 Å². The molecule has 2 aromatic carbocycles. The molecule has 1 saturated heterocycles. The van der Waals surface area contributed by atoms with E-state index in [9.17, 15) is 4.79 Å². The molecule has 2 aromatic heterocycles. The van der Waals surface area contributed by atoms with Gasteiger partial charge in [0.15, 0.2) is 0 Å². The Morgan fingerprint density at radius 1 is 1.03 bits per heavy atom. The molecule has 0 radical (unpaired) electrons. The van der Waals surface area contributed by atoms with Crippen LogP contribution >= 0.6 is 0 Å². The summed E-state index contributed by atoms with van der Waals surface area (Å²) in [5, 5.41) is 7.23. The topological polar surface area (TPSA) is 89.1 Å². The predicted octanol–water partition coefficient (Wildman–Crippen LogP) is 3.82. The van der Waals surface area contributed by atoms with Gasteiger partial charge in [0.1, 0.15) is 0 Å². The average Bonchev–Trinajstić information content (AvgIpc) is 3.57. The van der Waals surface area contributed by atoms with Gasteiger partial charge in [0.05, 0.1) is 12.9 Å². The number of carbonyl (C=O) groups is 1. The van der Waals surface area contributed by atoms with Crippen LogP contribution in [0.2, 0.25) is 0 Å². The number of aryl methyl sites for hydroxylation is 1. The first-order chi connectivity index (χ1) is 17.1. The van der Waals surface area contributed by atoms with Crippen molar-refractivity contribution in [1.82, 2.24) is 29.9 Å². The van der Waals surface area contributed by atoms with Crippen molar-refractivity contribution in [3.05, 3.63) is 89.8 Å². The van der Waals surface area contributed by atoms with E-state index in [1.807, 2.05) is 41.4 Å². The van der Waals surface area contributed by atoms with Crippen molar-refractivity contribution in [3.63, 3.8) is 0 Å². The number of nitrogens with zero attached hydrogens (tertiary/aromatic N) is 5. The van der Waals surface area contributed by atoms with Gasteiger partial charge < -0.3 is 14.4 Å². The van der Waals surface area contributed by atoms with E-state index < -0.39 is 0 Å². The molecule has 0 unspecified atom stereocenters. The van der Waals surface area contributed by atoms with Crippen LogP contribution in [0.25, 0.3) is 11.4 Å². The van der Waals surface area contributed by atoms with Crippen LogP contribution in [-0.4, -0.2) is 43.6 Å². The zero-order chi connectivity index (χ0) is 24.0. The molecule has 1 N–H and O–H groups in total. The molecule has 1 aliphatic heterocycles. The summed E-state index contributed by atoms with van der Waals surface area (Å²) in [5.74, 6) is 1.40. The third kappa shape index (κ3) is 6.02. The van der Waals surface area contributed by atoms with Crippen molar-refractivity contribution >= 4 is 5.91 Å². The Bertz CT molecular complexity index is 1220. The number of hydrogen-bond acceptors (Lipinski definition) is 6. The summed E-state index contributed by atoms with van der Waals surface area (Å²) in [7, 11) is 0. The Hall–Kier alpha value is -3.78. The first-order valence-corrected chi connectivity index (χ1v) is 12.1. The van der Waals surface area contributed by atoms with Gasteiger partial charge in [-0.25, -0.2) is 4.98 Å². The quantitative estimate of drug-likeness (QED) is 0.421. The first kappa shape index (κ1) is 23.0. The number of likely N-dealkylation sites (tertiary alicyclic amines) is 1. The van der Waals surface area contributed by atoms with Gasteiger partial charge in [-0.3, -0.25) is 9.69 Å². The molecule has 8 heteroatoms. The number of amides is 1. The second-order valence-corrected chi connectivity index (χ2v) is 9.20. The summed E-state index contributed by atoms with van der Waals surface area (Å²) in [5.41, 5.74) is 4.46. The van der Waals surface area contributed by atoms with Crippen molar-refractivity contribution in [2.45, 2.75) is 39.4 Å². The molecule has 1 fully saturated rings. The lowest BCUT2D eigenvalue weighted by Gasteiger charge is -2.30. The number of nitrogens with one attached hydrogen (secondary N) is 1. The fourth-order valence-corrected chi connectivity index (χ4v) is 4.37. The Balaban J connectivity index is 1.05. The minimum atomic E-state index is 0.0394. The van der Waals surface area contributed by atoms with E-state index in [4.69, 9.17) is 4.52 Å². The summed E-state index contributed by atoms with van der Waals surface area (Å²) in [4.78, 5) is 23.6. The van der Waals surface area contributed by atoms with Gasteiger partial charge in [0.2, 0.25) is 17.6 Å². The van der Waals surface area contributed by atoms with Crippen LogP contribution in [0.3, 0.4) is 0 Å². The third-order valence-corrected chi connectivity index (χ3v) is 6.51. The number of benzene rings is 2. The molecule has 0 saturated carbocycles. The maximum Gasteiger partial charge on any atom is 0.241 e. The second kappa shape index (κ2) is 10.7. The minimum Gasteiger partial charge on any atom is -0.352 e. The molecule has 4 aromatic rings. The number of piperidine rings is 1. The van der Waals surface area contributed by atoms with E-state index in [1.165, 1.54) is 11.1 Å². The van der Waals surface area contributed by atoms with E-state index in [0.29, 0.717) is 24.8 Å². The predicted molar refractivity (Wildman–Crippen MR) is 132 cm³/mol. The molecule has 0 aliphatic carbocycles. The smallest absolute Gasteiger partial charge is 0.241 e. The summed E-state index contributed by atoms with van der Waals surface area (Å²) in [6, 6.07) is 16.4. The van der Waals surface area contributed by atoms with E-state index in [-0.39, 0.29) is 11.8 Å². The SMILES string of the molecule is Cc1ccc(-c2noc(CN3CCC(C(=O)NCc4ccc(Cn5ccnc5)cc4)CC3)n2)cc1. The Morgan fingerprint density at radius 3 is 2.49 bits per heavy atom. The van der Waals surface area contributed by atoms with Crippen molar-refractivity contribution in [2.24, 2.45) is 5.92 Å². The summed E-state index contributed by atoms with van der Waals surface area (Å²) in [6.45, 7) is 5.68. The summed E-state index contributed by atoms with van der Waals surface area (Å²) >= 11 is 0. The van der Waals surface area contributed by atoms with Crippen LogP contribution < -0.4 is 5.32 Å². The lowest BCUT2D eigenvalue weighted by atomic mass is 9.96. The lowest BCUT2D eigenvalue weighted by molar-refractivity contribution is -0.126. The van der Waals surface area contributed by atoms with Crippen molar-refractivity contribution in [2.75, 3.05) is 13.1 Å². The van der Waals surface area contributed by atoms with Crippen LogP contribution in [0.15, 0.2) is 71.8 Å². The van der Waals surface area contributed by atoms with Crippen LogP contribution in [-0.2, 0) is 24.4 Å². The largest absolute Gasteiger partial charge is 0.352 e. The van der Waals surface area contributed by atoms with E-state index >= 15 is 0 Å². The highest BCUT2D eigenvalue weighted by Crippen LogP contribution is 2.21. The molecular formula is C27H30N6O2. The highest BCUT2D eigenvalue weighted by molar-refractivity contribution is 5.78. The molecule has 180 valence electrons. The fourth-order valence-electron chi connectivity index (χ4n) is 4.37. The van der Waals surface area contributed by atoms with E-state index in [2.05, 4.69) is 56.5 Å².